The van der Waals surface area contributed by atoms with E-state index in [0.717, 1.165) is 6.07 Å². The van der Waals surface area contributed by atoms with Crippen LogP contribution in [0, 0.1) is 5.82 Å². The summed E-state index contributed by atoms with van der Waals surface area (Å²) in [6.07, 6.45) is 0. The van der Waals surface area contributed by atoms with E-state index in [2.05, 4.69) is 21.2 Å². The zero-order valence-corrected chi connectivity index (χ0v) is 13.5. The second-order valence-corrected chi connectivity index (χ2v) is 7.47. The van der Waals surface area contributed by atoms with Crippen molar-refractivity contribution in [2.45, 2.75) is 4.90 Å². The Balaban J connectivity index is 2.18. The molecule has 8 heteroatoms. The normalized spacial score (nSPS) is 11.2. The summed E-state index contributed by atoms with van der Waals surface area (Å²) in [5.41, 5.74) is 0.511. The van der Waals surface area contributed by atoms with Gasteiger partial charge in [-0.3, -0.25) is 4.79 Å². The highest BCUT2D eigenvalue weighted by Crippen LogP contribution is 2.20. The van der Waals surface area contributed by atoms with Crippen LogP contribution in [0.2, 0.25) is 0 Å². The number of carbonyl (C=O) groups excluding carboxylic acids is 1. The minimum atomic E-state index is -3.81. The van der Waals surface area contributed by atoms with Crippen molar-refractivity contribution in [1.82, 2.24) is 0 Å². The molecule has 0 unspecified atom stereocenters. The molecule has 0 heterocycles. The Hall–Kier alpha value is -1.44. The topological polar surface area (TPSA) is 63.2 Å². The van der Waals surface area contributed by atoms with Crippen LogP contribution in [-0.2, 0) is 9.05 Å². The standard InChI is InChI=1S/C13H8BrClFNO3S/c14-11-6-1-8(7-12(11)16)13(18)17-9-2-4-10(5-3-9)21(15,19)20/h1-7H,(H,17,18). The number of hydrogen-bond donors (Lipinski definition) is 1. The number of halogens is 3. The Labute approximate surface area is 133 Å². The van der Waals surface area contributed by atoms with Gasteiger partial charge in [-0.1, -0.05) is 0 Å². The largest absolute Gasteiger partial charge is 0.322 e. The second kappa shape index (κ2) is 6.13. The van der Waals surface area contributed by atoms with Gasteiger partial charge in [-0.25, -0.2) is 12.8 Å². The first-order valence-electron chi connectivity index (χ1n) is 5.58. The Morgan fingerprint density at radius 1 is 1.14 bits per heavy atom. The van der Waals surface area contributed by atoms with Gasteiger partial charge in [-0.15, -0.1) is 0 Å². The molecule has 1 N–H and O–H groups in total. The van der Waals surface area contributed by atoms with E-state index in [-0.39, 0.29) is 14.9 Å². The average molecular weight is 393 g/mol. The molecule has 0 aromatic heterocycles. The maximum absolute atomic E-state index is 13.4. The van der Waals surface area contributed by atoms with Crippen molar-refractivity contribution in [3.8, 4) is 0 Å². The molecule has 1 amide bonds. The molecule has 0 saturated carbocycles. The molecule has 110 valence electrons. The molecular formula is C13H8BrClFNO3S. The summed E-state index contributed by atoms with van der Waals surface area (Å²) in [6.45, 7) is 0. The van der Waals surface area contributed by atoms with Crippen LogP contribution < -0.4 is 5.32 Å². The summed E-state index contributed by atoms with van der Waals surface area (Å²) < 4.78 is 35.8. The fraction of sp³-hybridized carbons (Fsp3) is 0. The molecule has 0 fully saturated rings. The highest BCUT2D eigenvalue weighted by Gasteiger charge is 2.11. The first-order chi connectivity index (χ1) is 9.77. The molecule has 2 aromatic rings. The number of amides is 1. The van der Waals surface area contributed by atoms with Crippen LogP contribution in [0.5, 0.6) is 0 Å². The first kappa shape index (κ1) is 15.9. The zero-order valence-electron chi connectivity index (χ0n) is 10.3. The number of rotatable bonds is 3. The number of benzene rings is 2. The third-order valence-corrected chi connectivity index (χ3v) is 4.59. The highest BCUT2D eigenvalue weighted by atomic mass is 79.9. The molecule has 0 aliphatic carbocycles. The van der Waals surface area contributed by atoms with E-state index in [1.54, 1.807) is 0 Å². The molecule has 0 bridgehead atoms. The quantitative estimate of drug-likeness (QED) is 0.809. The van der Waals surface area contributed by atoms with Gasteiger partial charge < -0.3 is 5.32 Å². The van der Waals surface area contributed by atoms with Crippen LogP contribution in [0.4, 0.5) is 10.1 Å². The lowest BCUT2D eigenvalue weighted by Gasteiger charge is -2.06. The molecule has 21 heavy (non-hydrogen) atoms. The van der Waals surface area contributed by atoms with E-state index in [1.165, 1.54) is 36.4 Å². The van der Waals surface area contributed by atoms with Crippen LogP contribution in [-0.4, -0.2) is 14.3 Å². The van der Waals surface area contributed by atoms with Gasteiger partial charge in [0.25, 0.3) is 15.0 Å². The van der Waals surface area contributed by atoms with Gasteiger partial charge in [0.05, 0.1) is 9.37 Å². The van der Waals surface area contributed by atoms with Crippen molar-refractivity contribution >= 4 is 47.3 Å². The van der Waals surface area contributed by atoms with Gasteiger partial charge in [0, 0.05) is 21.9 Å². The van der Waals surface area contributed by atoms with E-state index in [1.807, 2.05) is 0 Å². The maximum Gasteiger partial charge on any atom is 0.261 e. The summed E-state index contributed by atoms with van der Waals surface area (Å²) in [5, 5.41) is 2.52. The lowest BCUT2D eigenvalue weighted by atomic mass is 10.2. The zero-order chi connectivity index (χ0) is 15.6. The summed E-state index contributed by atoms with van der Waals surface area (Å²) in [6, 6.07) is 9.29. The molecule has 0 aliphatic heterocycles. The van der Waals surface area contributed by atoms with Gasteiger partial charge in [0.2, 0.25) is 0 Å². The summed E-state index contributed by atoms with van der Waals surface area (Å²) >= 11 is 3.00. The Kier molecular flexibility index (Phi) is 4.65. The van der Waals surface area contributed by atoms with Gasteiger partial charge in [0.1, 0.15) is 5.82 Å². The molecular weight excluding hydrogens is 385 g/mol. The lowest BCUT2D eigenvalue weighted by Crippen LogP contribution is -2.12. The van der Waals surface area contributed by atoms with Crippen molar-refractivity contribution in [2.24, 2.45) is 0 Å². The SMILES string of the molecule is O=C(Nc1ccc(S(=O)(=O)Cl)cc1)c1ccc(Br)c(F)c1. The Bertz CT molecular complexity index is 794. The molecule has 0 saturated heterocycles. The monoisotopic (exact) mass is 391 g/mol. The summed E-state index contributed by atoms with van der Waals surface area (Å²) in [4.78, 5) is 11.8. The van der Waals surface area contributed by atoms with Crippen molar-refractivity contribution in [1.29, 1.82) is 0 Å². The van der Waals surface area contributed by atoms with Crippen molar-refractivity contribution in [3.63, 3.8) is 0 Å². The molecule has 0 aliphatic rings. The van der Waals surface area contributed by atoms with Gasteiger partial charge in [-0.2, -0.15) is 0 Å². The number of hydrogen-bond acceptors (Lipinski definition) is 3. The van der Waals surface area contributed by atoms with Crippen molar-refractivity contribution < 1.29 is 17.6 Å². The summed E-state index contributed by atoms with van der Waals surface area (Å²) in [7, 11) is 1.38. The van der Waals surface area contributed by atoms with Gasteiger partial charge in [0.15, 0.2) is 0 Å². The van der Waals surface area contributed by atoms with Gasteiger partial charge >= 0.3 is 0 Å². The molecule has 0 atom stereocenters. The van der Waals surface area contributed by atoms with Crippen molar-refractivity contribution in [3.05, 3.63) is 58.3 Å². The number of nitrogens with one attached hydrogen (secondary N) is 1. The summed E-state index contributed by atoms with van der Waals surface area (Å²) in [5.74, 6) is -1.06. The molecule has 0 spiro atoms. The van der Waals surface area contributed by atoms with E-state index in [4.69, 9.17) is 10.7 Å². The minimum absolute atomic E-state index is 0.0724. The van der Waals surface area contributed by atoms with Crippen LogP contribution >= 0.6 is 26.6 Å². The minimum Gasteiger partial charge on any atom is -0.322 e. The first-order valence-corrected chi connectivity index (χ1v) is 8.69. The Morgan fingerprint density at radius 2 is 1.76 bits per heavy atom. The fourth-order valence-corrected chi connectivity index (χ4v) is 2.56. The molecule has 0 radical (unpaired) electrons. The van der Waals surface area contributed by atoms with Crippen LogP contribution in [0.25, 0.3) is 0 Å². The lowest BCUT2D eigenvalue weighted by molar-refractivity contribution is 0.102. The Morgan fingerprint density at radius 3 is 2.29 bits per heavy atom. The number of carbonyl (C=O) groups is 1. The van der Waals surface area contributed by atoms with Gasteiger partial charge in [-0.05, 0) is 58.4 Å². The molecule has 2 rings (SSSR count). The average Bonchev–Trinajstić information content (AvgIpc) is 2.41. The van der Waals surface area contributed by atoms with Crippen LogP contribution in [0.3, 0.4) is 0 Å². The fourth-order valence-electron chi connectivity index (χ4n) is 1.54. The number of anilines is 1. The maximum atomic E-state index is 13.4. The third-order valence-electron chi connectivity index (χ3n) is 2.58. The van der Waals surface area contributed by atoms with E-state index in [9.17, 15) is 17.6 Å². The van der Waals surface area contributed by atoms with Crippen LogP contribution in [0.1, 0.15) is 10.4 Å². The molecule has 4 nitrogen and oxygen atoms in total. The van der Waals surface area contributed by atoms with Crippen molar-refractivity contribution in [2.75, 3.05) is 5.32 Å². The second-order valence-electron chi connectivity index (χ2n) is 4.05. The highest BCUT2D eigenvalue weighted by molar-refractivity contribution is 9.10. The van der Waals surface area contributed by atoms with E-state index >= 15 is 0 Å². The van der Waals surface area contributed by atoms with Crippen LogP contribution in [0.15, 0.2) is 51.8 Å². The third kappa shape index (κ3) is 4.03. The van der Waals surface area contributed by atoms with E-state index < -0.39 is 20.8 Å². The predicted octanol–water partition coefficient (Wildman–Crippen LogP) is 3.77. The van der Waals surface area contributed by atoms with E-state index in [0.29, 0.717) is 5.69 Å². The predicted molar refractivity (Wildman–Crippen MR) is 81.5 cm³/mol. The molecule has 2 aromatic carbocycles. The smallest absolute Gasteiger partial charge is 0.261 e.